The van der Waals surface area contributed by atoms with Crippen LogP contribution in [0.25, 0.3) is 5.57 Å². The number of carbonyl (C=O) groups excluding carboxylic acids is 1. The second-order valence-corrected chi connectivity index (χ2v) is 5.40. The summed E-state index contributed by atoms with van der Waals surface area (Å²) in [6.45, 7) is 1.72. The van der Waals surface area contributed by atoms with Crippen molar-refractivity contribution in [3.63, 3.8) is 0 Å². The Bertz CT molecular complexity index is 665. The zero-order valence-corrected chi connectivity index (χ0v) is 12.7. The van der Waals surface area contributed by atoms with Gasteiger partial charge >= 0.3 is 0 Å². The fourth-order valence-corrected chi connectivity index (χ4v) is 2.32. The number of halogens is 1. The average molecular weight is 301 g/mol. The van der Waals surface area contributed by atoms with Gasteiger partial charge in [-0.1, -0.05) is 18.2 Å². The molecule has 21 heavy (non-hydrogen) atoms. The summed E-state index contributed by atoms with van der Waals surface area (Å²) in [6, 6.07) is 14.0. The van der Waals surface area contributed by atoms with Crippen LogP contribution in [0.2, 0.25) is 0 Å². The molecule has 2 aromatic rings. The minimum Gasteiger partial charge on any atom is -0.323 e. The van der Waals surface area contributed by atoms with Gasteiger partial charge in [0, 0.05) is 22.2 Å². The number of anilines is 1. The Morgan fingerprint density at radius 2 is 1.81 bits per heavy atom. The molecular weight excluding hydrogens is 285 g/mol. The molecule has 0 aliphatic heterocycles. The van der Waals surface area contributed by atoms with Crippen LogP contribution in [0.4, 0.5) is 10.1 Å². The zero-order valence-electron chi connectivity index (χ0n) is 11.9. The Hall–Kier alpha value is -2.07. The van der Waals surface area contributed by atoms with E-state index in [9.17, 15) is 9.18 Å². The maximum atomic E-state index is 13.6. The number of hydrogen-bond donors (Lipinski definition) is 1. The van der Waals surface area contributed by atoms with E-state index < -0.39 is 0 Å². The molecule has 0 atom stereocenters. The molecule has 0 unspecified atom stereocenters. The second kappa shape index (κ2) is 7.09. The third kappa shape index (κ3) is 4.20. The van der Waals surface area contributed by atoms with Crippen LogP contribution < -0.4 is 5.32 Å². The zero-order chi connectivity index (χ0) is 15.2. The molecule has 0 radical (unpaired) electrons. The van der Waals surface area contributed by atoms with Gasteiger partial charge in [-0.05, 0) is 49.1 Å². The van der Waals surface area contributed by atoms with Crippen LogP contribution in [0.3, 0.4) is 0 Å². The standard InChI is InChI=1S/C17H16FNOS/c1-12(15-5-3-4-6-16(15)18)11-17(20)19-13-7-9-14(21-2)10-8-13/h3-11H,1-2H3,(H,19,20)/b12-11-. The van der Waals surface area contributed by atoms with E-state index >= 15 is 0 Å². The number of carbonyl (C=O) groups is 1. The second-order valence-electron chi connectivity index (χ2n) is 4.52. The Morgan fingerprint density at radius 3 is 2.43 bits per heavy atom. The van der Waals surface area contributed by atoms with Gasteiger partial charge in [0.25, 0.3) is 0 Å². The molecule has 0 saturated carbocycles. The fraction of sp³-hybridized carbons (Fsp3) is 0.118. The number of rotatable bonds is 4. The van der Waals surface area contributed by atoms with E-state index in [0.29, 0.717) is 11.1 Å². The maximum Gasteiger partial charge on any atom is 0.248 e. The lowest BCUT2D eigenvalue weighted by Crippen LogP contribution is -2.08. The molecule has 0 bridgehead atoms. The molecule has 0 aromatic heterocycles. The van der Waals surface area contributed by atoms with E-state index in [2.05, 4.69) is 5.32 Å². The van der Waals surface area contributed by atoms with Gasteiger partial charge in [-0.2, -0.15) is 0 Å². The van der Waals surface area contributed by atoms with Crippen molar-refractivity contribution in [2.24, 2.45) is 0 Å². The molecule has 1 amide bonds. The Balaban J connectivity index is 2.09. The van der Waals surface area contributed by atoms with E-state index in [0.717, 1.165) is 10.6 Å². The normalized spacial score (nSPS) is 11.3. The van der Waals surface area contributed by atoms with Crippen molar-refractivity contribution in [3.05, 3.63) is 66.0 Å². The molecule has 108 valence electrons. The van der Waals surface area contributed by atoms with Crippen molar-refractivity contribution in [2.75, 3.05) is 11.6 Å². The molecule has 0 fully saturated rings. The summed E-state index contributed by atoms with van der Waals surface area (Å²) in [5, 5.41) is 2.77. The van der Waals surface area contributed by atoms with Crippen molar-refractivity contribution in [1.82, 2.24) is 0 Å². The number of amides is 1. The molecular formula is C17H16FNOS. The lowest BCUT2D eigenvalue weighted by molar-refractivity contribution is -0.111. The van der Waals surface area contributed by atoms with E-state index in [1.54, 1.807) is 36.9 Å². The summed E-state index contributed by atoms with van der Waals surface area (Å²) >= 11 is 1.64. The summed E-state index contributed by atoms with van der Waals surface area (Å²) in [6.07, 6.45) is 3.40. The highest BCUT2D eigenvalue weighted by Crippen LogP contribution is 2.19. The SMILES string of the molecule is CSc1ccc(NC(=O)/C=C(/C)c2ccccc2F)cc1. The third-order valence-electron chi connectivity index (χ3n) is 3.00. The number of nitrogens with one attached hydrogen (secondary N) is 1. The molecule has 0 heterocycles. The maximum absolute atomic E-state index is 13.6. The fourth-order valence-electron chi connectivity index (χ4n) is 1.91. The Morgan fingerprint density at radius 1 is 1.14 bits per heavy atom. The van der Waals surface area contributed by atoms with E-state index in [1.807, 2.05) is 30.5 Å². The monoisotopic (exact) mass is 301 g/mol. The molecule has 0 aliphatic carbocycles. The lowest BCUT2D eigenvalue weighted by Gasteiger charge is -2.05. The quantitative estimate of drug-likeness (QED) is 0.661. The summed E-state index contributed by atoms with van der Waals surface area (Å²) in [5.41, 5.74) is 1.74. The van der Waals surface area contributed by atoms with Gasteiger partial charge < -0.3 is 5.32 Å². The van der Waals surface area contributed by atoms with E-state index in [-0.39, 0.29) is 11.7 Å². The highest BCUT2D eigenvalue weighted by molar-refractivity contribution is 7.98. The molecule has 4 heteroatoms. The van der Waals surface area contributed by atoms with Gasteiger partial charge in [-0.15, -0.1) is 11.8 Å². The highest BCUT2D eigenvalue weighted by Gasteiger charge is 2.05. The Kier molecular flexibility index (Phi) is 5.17. The van der Waals surface area contributed by atoms with Crippen LogP contribution >= 0.6 is 11.8 Å². The number of allylic oxidation sites excluding steroid dienone is 1. The summed E-state index contributed by atoms with van der Waals surface area (Å²) in [5.74, 6) is -0.601. The largest absolute Gasteiger partial charge is 0.323 e. The first-order chi connectivity index (χ1) is 10.1. The van der Waals surface area contributed by atoms with Crippen LogP contribution in [0.1, 0.15) is 12.5 Å². The molecule has 2 rings (SSSR count). The smallest absolute Gasteiger partial charge is 0.248 e. The van der Waals surface area contributed by atoms with Gasteiger partial charge in [0.1, 0.15) is 5.82 Å². The minimum atomic E-state index is -0.330. The van der Waals surface area contributed by atoms with Gasteiger partial charge in [-0.25, -0.2) is 4.39 Å². The Labute approximate surface area is 128 Å². The first-order valence-corrected chi connectivity index (χ1v) is 7.71. The summed E-state index contributed by atoms with van der Waals surface area (Å²) in [7, 11) is 0. The van der Waals surface area contributed by atoms with Crippen LogP contribution in [0, 0.1) is 5.82 Å². The minimum absolute atomic E-state index is 0.271. The third-order valence-corrected chi connectivity index (χ3v) is 3.75. The lowest BCUT2D eigenvalue weighted by atomic mass is 10.1. The number of benzene rings is 2. The van der Waals surface area contributed by atoms with Gasteiger partial charge in [0.15, 0.2) is 0 Å². The predicted molar refractivity (Wildman–Crippen MR) is 86.9 cm³/mol. The van der Waals surface area contributed by atoms with Gasteiger partial charge in [0.05, 0.1) is 0 Å². The number of thioether (sulfide) groups is 1. The molecule has 0 spiro atoms. The van der Waals surface area contributed by atoms with E-state index in [1.165, 1.54) is 12.1 Å². The predicted octanol–water partition coefficient (Wildman–Crippen LogP) is 4.59. The van der Waals surface area contributed by atoms with Crippen LogP contribution in [-0.2, 0) is 4.79 Å². The first-order valence-electron chi connectivity index (χ1n) is 6.48. The van der Waals surface area contributed by atoms with Gasteiger partial charge in [0.2, 0.25) is 5.91 Å². The molecule has 0 saturated heterocycles. The van der Waals surface area contributed by atoms with Crippen molar-refractivity contribution < 1.29 is 9.18 Å². The van der Waals surface area contributed by atoms with Crippen LogP contribution in [-0.4, -0.2) is 12.2 Å². The summed E-state index contributed by atoms with van der Waals surface area (Å²) < 4.78 is 13.6. The van der Waals surface area contributed by atoms with Crippen molar-refractivity contribution in [3.8, 4) is 0 Å². The van der Waals surface area contributed by atoms with Crippen LogP contribution in [0.15, 0.2) is 59.5 Å². The number of hydrogen-bond acceptors (Lipinski definition) is 2. The van der Waals surface area contributed by atoms with E-state index in [4.69, 9.17) is 0 Å². The van der Waals surface area contributed by atoms with Crippen molar-refractivity contribution in [1.29, 1.82) is 0 Å². The van der Waals surface area contributed by atoms with Crippen molar-refractivity contribution >= 4 is 28.9 Å². The van der Waals surface area contributed by atoms with Crippen LogP contribution in [0.5, 0.6) is 0 Å². The average Bonchev–Trinajstić information content (AvgIpc) is 2.48. The molecule has 2 aromatic carbocycles. The molecule has 2 nitrogen and oxygen atoms in total. The highest BCUT2D eigenvalue weighted by atomic mass is 32.2. The molecule has 0 aliphatic rings. The van der Waals surface area contributed by atoms with Crippen molar-refractivity contribution in [2.45, 2.75) is 11.8 Å². The van der Waals surface area contributed by atoms with Gasteiger partial charge in [-0.3, -0.25) is 4.79 Å². The first kappa shape index (κ1) is 15.3. The summed E-state index contributed by atoms with van der Waals surface area (Å²) in [4.78, 5) is 13.1. The topological polar surface area (TPSA) is 29.1 Å². The molecule has 1 N–H and O–H groups in total.